The molecule has 1 aliphatic heterocycles. The molecule has 0 aliphatic carbocycles. The number of carbonyl (C=O) groups excluding carboxylic acids is 3. The Kier molecular flexibility index (Phi) is 33.3. The minimum absolute atomic E-state index is 0.0867. The zero-order chi connectivity index (χ0) is 42.3. The van der Waals surface area contributed by atoms with E-state index >= 15 is 0 Å². The van der Waals surface area contributed by atoms with Crippen LogP contribution in [0.1, 0.15) is 57.8 Å². The summed E-state index contributed by atoms with van der Waals surface area (Å²) in [5, 5.41) is 47.0. The second kappa shape index (κ2) is 32.8. The number of rotatable bonds is 23. The first-order chi connectivity index (χ1) is 25.3. The van der Waals surface area contributed by atoms with Crippen LogP contribution >= 0.6 is 11.8 Å². The van der Waals surface area contributed by atoms with Gasteiger partial charge in [-0.25, -0.2) is 9.59 Å². The number of carboxylic acids is 4. The number of esters is 3. The van der Waals surface area contributed by atoms with E-state index in [-0.39, 0.29) is 32.0 Å². The number of unbranched alkanes of at least 4 members (excludes halogenated alkanes) is 2. The Labute approximate surface area is 317 Å². The molecule has 23 nitrogen and oxygen atoms in total. The van der Waals surface area contributed by atoms with Gasteiger partial charge in [-0.2, -0.15) is 11.8 Å². The number of nitrogens with two attached hydrogens (primary N) is 7. The van der Waals surface area contributed by atoms with E-state index in [1.165, 1.54) is 11.8 Å². The number of aliphatic carboxylic acids is 4. The summed E-state index contributed by atoms with van der Waals surface area (Å²) >= 11 is 1.43. The Bertz CT molecular complexity index is 1120. The van der Waals surface area contributed by atoms with Crippen LogP contribution in [0, 0.1) is 0 Å². The molecule has 1 fully saturated rings. The largest absolute Gasteiger partial charge is 0.480 e. The average Bonchev–Trinajstić information content (AvgIpc) is 3.68. The van der Waals surface area contributed by atoms with Crippen molar-refractivity contribution in [1.29, 1.82) is 0 Å². The van der Waals surface area contributed by atoms with Gasteiger partial charge >= 0.3 is 41.8 Å². The third-order valence-electron chi connectivity index (χ3n) is 6.96. The Balaban J connectivity index is -0.000000815. The standard InChI is InChI=1S/C17H35N5O5S.C8H14N2O4.C3H7NO3.C2H5NO2/c1-28-11-8-17(21,22-13(14(23)24)7-3-5-10-19)16(26)27-15(25)12(20)6-2-4-9-18;9-5(7(11)12)4-14-8(13)6-2-1-3-10-6;4-2(1-5)3(6)7;3-1-2(4)5/h12-13,22H,2-11,18-21H2,1H3,(H,23,24);5-6,10H,1-4,9H2,(H,11,12);2,5H,1,4H2,(H,6,7);1,3H2,(H,4,5)/t12-,13-,17+;5-,6-;2-;/m000./s1. The highest BCUT2D eigenvalue weighted by Gasteiger charge is 2.40. The lowest BCUT2D eigenvalue weighted by Crippen LogP contribution is -2.65. The van der Waals surface area contributed by atoms with Crippen molar-refractivity contribution in [3.05, 3.63) is 0 Å². The first kappa shape index (κ1) is 54.8. The maximum Gasteiger partial charge on any atom is 0.348 e. The molecule has 1 aliphatic rings. The predicted octanol–water partition coefficient (Wildman–Crippen LogP) is -4.79. The van der Waals surface area contributed by atoms with Crippen LogP contribution in [0.25, 0.3) is 0 Å². The van der Waals surface area contributed by atoms with Crippen LogP contribution in [0.2, 0.25) is 0 Å². The predicted molar refractivity (Wildman–Crippen MR) is 196 cm³/mol. The minimum atomic E-state index is -1.82. The van der Waals surface area contributed by atoms with Crippen LogP contribution in [-0.2, 0) is 43.0 Å². The molecule has 0 aromatic carbocycles. The summed E-state index contributed by atoms with van der Waals surface area (Å²) in [7, 11) is 0. The third-order valence-corrected chi connectivity index (χ3v) is 7.57. The third kappa shape index (κ3) is 28.0. The molecule has 0 spiro atoms. The lowest BCUT2D eigenvalue weighted by Gasteiger charge is -2.31. The number of thioether (sulfide) groups is 1. The highest BCUT2D eigenvalue weighted by molar-refractivity contribution is 7.98. The number of ether oxygens (including phenoxy) is 2. The minimum Gasteiger partial charge on any atom is -0.480 e. The molecule has 0 aromatic heterocycles. The van der Waals surface area contributed by atoms with Crippen molar-refractivity contribution in [2.75, 3.05) is 51.4 Å². The monoisotopic (exact) mass is 803 g/mol. The summed E-state index contributed by atoms with van der Waals surface area (Å²) in [6.07, 6.45) is 6.68. The topological polar surface area (TPSA) is 445 Å². The van der Waals surface area contributed by atoms with Gasteiger partial charge in [0.1, 0.15) is 36.8 Å². The van der Waals surface area contributed by atoms with Gasteiger partial charge in [-0.05, 0) is 76.6 Å². The fourth-order valence-corrected chi connectivity index (χ4v) is 4.28. The summed E-state index contributed by atoms with van der Waals surface area (Å²) in [5.74, 6) is -6.34. The van der Waals surface area contributed by atoms with Crippen molar-refractivity contribution in [2.24, 2.45) is 40.1 Å². The van der Waals surface area contributed by atoms with E-state index < -0.39 is 78.2 Å². The van der Waals surface area contributed by atoms with Gasteiger partial charge in [0.15, 0.2) is 5.66 Å². The van der Waals surface area contributed by atoms with Crippen LogP contribution < -0.4 is 50.8 Å². The van der Waals surface area contributed by atoms with Gasteiger partial charge in [-0.1, -0.05) is 12.8 Å². The first-order valence-electron chi connectivity index (χ1n) is 16.9. The molecule has 24 heteroatoms. The number of hydrogen-bond acceptors (Lipinski definition) is 20. The van der Waals surface area contributed by atoms with Crippen LogP contribution in [0.15, 0.2) is 0 Å². The van der Waals surface area contributed by atoms with Crippen LogP contribution in [0.4, 0.5) is 0 Å². The van der Waals surface area contributed by atoms with E-state index in [2.05, 4.69) is 16.4 Å². The van der Waals surface area contributed by atoms with E-state index in [0.29, 0.717) is 50.9 Å². The molecule has 6 atom stereocenters. The number of aliphatic hydroxyl groups excluding tert-OH is 1. The van der Waals surface area contributed by atoms with E-state index in [4.69, 9.17) is 64.3 Å². The summed E-state index contributed by atoms with van der Waals surface area (Å²) in [6, 6.07) is -4.60. The zero-order valence-electron chi connectivity index (χ0n) is 30.6. The number of carbonyl (C=O) groups is 7. The molecule has 0 bridgehead atoms. The zero-order valence-corrected chi connectivity index (χ0v) is 31.4. The quantitative estimate of drug-likeness (QED) is 0.0199. The van der Waals surface area contributed by atoms with Gasteiger partial charge in [0.2, 0.25) is 0 Å². The Morgan fingerprint density at radius 3 is 1.78 bits per heavy atom. The highest BCUT2D eigenvalue weighted by atomic mass is 32.2. The van der Waals surface area contributed by atoms with Gasteiger partial charge in [0.25, 0.3) is 0 Å². The van der Waals surface area contributed by atoms with Crippen molar-refractivity contribution in [3.8, 4) is 0 Å². The highest BCUT2D eigenvalue weighted by Crippen LogP contribution is 2.15. The van der Waals surface area contributed by atoms with Gasteiger partial charge < -0.3 is 80.5 Å². The molecule has 1 rings (SSSR count). The van der Waals surface area contributed by atoms with Crippen molar-refractivity contribution in [2.45, 2.75) is 93.7 Å². The smallest absolute Gasteiger partial charge is 0.348 e. The average molecular weight is 804 g/mol. The molecular formula is C30H61N9O14S. The summed E-state index contributed by atoms with van der Waals surface area (Å²) in [6.45, 7) is 0.656. The Morgan fingerprint density at radius 2 is 1.39 bits per heavy atom. The molecule has 1 saturated heterocycles. The second-order valence-corrected chi connectivity index (χ2v) is 12.6. The van der Waals surface area contributed by atoms with E-state index in [1.807, 2.05) is 6.26 Å². The first-order valence-corrected chi connectivity index (χ1v) is 18.3. The normalized spacial score (nSPS) is 16.4. The van der Waals surface area contributed by atoms with Gasteiger partial charge in [-0.15, -0.1) is 0 Å². The summed E-state index contributed by atoms with van der Waals surface area (Å²) in [4.78, 5) is 76.6. The number of aliphatic hydroxyl groups is 1. The maximum absolute atomic E-state index is 12.6. The number of nitrogens with one attached hydrogen (secondary N) is 2. The Morgan fingerprint density at radius 1 is 0.852 bits per heavy atom. The van der Waals surface area contributed by atoms with Crippen molar-refractivity contribution >= 4 is 53.5 Å². The number of hydrogen-bond donors (Lipinski definition) is 14. The molecule has 1 heterocycles. The molecule has 316 valence electrons. The van der Waals surface area contributed by atoms with E-state index in [9.17, 15) is 38.7 Å². The molecule has 0 saturated carbocycles. The molecule has 0 unspecified atom stereocenters. The molecule has 0 radical (unpaired) electrons. The molecule has 0 amide bonds. The Hall–Kier alpha value is -3.56. The summed E-state index contributed by atoms with van der Waals surface area (Å²) < 4.78 is 9.61. The molecular weight excluding hydrogens is 742 g/mol. The summed E-state index contributed by atoms with van der Waals surface area (Å²) in [5.41, 5.74) is 35.4. The lowest BCUT2D eigenvalue weighted by atomic mass is 10.0. The van der Waals surface area contributed by atoms with Gasteiger partial charge in [-0.3, -0.25) is 29.3 Å². The fraction of sp³-hybridized carbons (Fsp3) is 0.767. The van der Waals surface area contributed by atoms with Gasteiger partial charge in [0.05, 0.1) is 13.2 Å². The van der Waals surface area contributed by atoms with E-state index in [0.717, 1.165) is 19.4 Å². The van der Waals surface area contributed by atoms with Crippen LogP contribution in [0.3, 0.4) is 0 Å². The van der Waals surface area contributed by atoms with Crippen molar-refractivity contribution < 1.29 is 68.6 Å². The molecule has 54 heavy (non-hydrogen) atoms. The lowest BCUT2D eigenvalue weighted by molar-refractivity contribution is -0.166. The SMILES string of the molecule is CSCC[C@@](N)(N[C@@H](CCCCN)C(=O)O)C(=O)OC(=O)[C@@H](N)CCCCN.NCC(=O)O.N[C@@H](CO)C(=O)O.N[C@@H](COC(=O)[C@@H]1CCCN1)C(=O)O. The molecule has 21 N–H and O–H groups in total. The van der Waals surface area contributed by atoms with Crippen LogP contribution in [-0.4, -0.2) is 155 Å². The van der Waals surface area contributed by atoms with Crippen molar-refractivity contribution in [3.63, 3.8) is 0 Å². The maximum atomic E-state index is 12.6. The van der Waals surface area contributed by atoms with Crippen molar-refractivity contribution in [1.82, 2.24) is 10.6 Å². The second-order valence-electron chi connectivity index (χ2n) is 11.6. The molecule has 0 aromatic rings. The van der Waals surface area contributed by atoms with E-state index in [1.54, 1.807) is 0 Å². The number of carboxylic acid groups (broad SMARTS) is 4. The van der Waals surface area contributed by atoms with Gasteiger partial charge in [0, 0.05) is 0 Å². The van der Waals surface area contributed by atoms with Crippen LogP contribution in [0.5, 0.6) is 0 Å². The fourth-order valence-electron chi connectivity index (χ4n) is 3.75.